The SMILES string of the molecule is CC(=O)NN(NC(C)=O)[C@@H](CS)C(=O)O. The summed E-state index contributed by atoms with van der Waals surface area (Å²) < 4.78 is 0. The van der Waals surface area contributed by atoms with Gasteiger partial charge in [-0.15, -0.1) is 5.12 Å². The molecule has 2 amide bonds. The van der Waals surface area contributed by atoms with E-state index in [9.17, 15) is 14.4 Å². The van der Waals surface area contributed by atoms with Crippen molar-refractivity contribution < 1.29 is 19.5 Å². The van der Waals surface area contributed by atoms with Crippen molar-refractivity contribution in [1.82, 2.24) is 16.0 Å². The number of thiol groups is 1. The van der Waals surface area contributed by atoms with Gasteiger partial charge in [-0.2, -0.15) is 12.6 Å². The minimum Gasteiger partial charge on any atom is -0.480 e. The van der Waals surface area contributed by atoms with E-state index in [-0.39, 0.29) is 5.75 Å². The van der Waals surface area contributed by atoms with Gasteiger partial charge >= 0.3 is 5.97 Å². The first-order chi connectivity index (χ1) is 6.88. The fraction of sp³-hybridized carbons (Fsp3) is 0.571. The van der Waals surface area contributed by atoms with E-state index in [1.165, 1.54) is 13.8 Å². The number of carbonyl (C=O) groups excluding carboxylic acids is 2. The Hall–Kier alpha value is -1.28. The summed E-state index contributed by atoms with van der Waals surface area (Å²) in [5, 5.41) is 9.60. The van der Waals surface area contributed by atoms with Crippen molar-refractivity contribution in [3.05, 3.63) is 0 Å². The molecular formula is C7H13N3O4S. The van der Waals surface area contributed by atoms with Gasteiger partial charge in [0.05, 0.1) is 0 Å². The molecule has 86 valence electrons. The van der Waals surface area contributed by atoms with E-state index >= 15 is 0 Å². The number of carboxylic acid groups (broad SMARTS) is 1. The molecule has 7 nitrogen and oxygen atoms in total. The zero-order valence-corrected chi connectivity index (χ0v) is 9.25. The number of hydrazine groups is 2. The van der Waals surface area contributed by atoms with Gasteiger partial charge in [-0.1, -0.05) is 0 Å². The van der Waals surface area contributed by atoms with Crippen molar-refractivity contribution in [3.63, 3.8) is 0 Å². The summed E-state index contributed by atoms with van der Waals surface area (Å²) in [5.41, 5.74) is 4.35. The van der Waals surface area contributed by atoms with Gasteiger partial charge < -0.3 is 5.11 Å². The summed E-state index contributed by atoms with van der Waals surface area (Å²) in [6.45, 7) is 2.40. The zero-order valence-electron chi connectivity index (χ0n) is 8.35. The van der Waals surface area contributed by atoms with E-state index in [0.717, 1.165) is 5.12 Å². The first-order valence-corrected chi connectivity index (χ1v) is 4.69. The molecule has 0 heterocycles. The Morgan fingerprint density at radius 1 is 1.27 bits per heavy atom. The van der Waals surface area contributed by atoms with Gasteiger partial charge in [0.2, 0.25) is 11.8 Å². The maximum absolute atomic E-state index is 10.8. The van der Waals surface area contributed by atoms with E-state index < -0.39 is 23.8 Å². The fourth-order valence-corrected chi connectivity index (χ4v) is 1.11. The molecule has 0 aromatic heterocycles. The topological polar surface area (TPSA) is 98.7 Å². The van der Waals surface area contributed by atoms with Crippen molar-refractivity contribution in [2.45, 2.75) is 19.9 Å². The van der Waals surface area contributed by atoms with Gasteiger partial charge in [0.25, 0.3) is 0 Å². The lowest BCUT2D eigenvalue weighted by atomic mass is 10.3. The van der Waals surface area contributed by atoms with Crippen LogP contribution in [0, 0.1) is 0 Å². The van der Waals surface area contributed by atoms with Crippen LogP contribution in [0.2, 0.25) is 0 Å². The van der Waals surface area contributed by atoms with Gasteiger partial charge in [-0.3, -0.25) is 25.2 Å². The maximum atomic E-state index is 10.8. The standard InChI is InChI=1S/C7H13N3O4S/c1-4(11)8-10(9-5(2)12)6(3-15)7(13)14/h6,15H,3H2,1-2H3,(H,8,11)(H,9,12)(H,13,14)/t6-/m0/s1. The lowest BCUT2D eigenvalue weighted by Gasteiger charge is -2.27. The number of carboxylic acids is 1. The smallest absolute Gasteiger partial charge is 0.325 e. The van der Waals surface area contributed by atoms with E-state index in [1.54, 1.807) is 0 Å². The lowest BCUT2D eigenvalue weighted by Crippen LogP contribution is -2.60. The van der Waals surface area contributed by atoms with Crippen molar-refractivity contribution in [1.29, 1.82) is 0 Å². The molecule has 0 aliphatic heterocycles. The average Bonchev–Trinajstić information content (AvgIpc) is 2.01. The predicted octanol–water partition coefficient (Wildman–Crippen LogP) is -1.23. The van der Waals surface area contributed by atoms with Crippen LogP contribution in [0.25, 0.3) is 0 Å². The van der Waals surface area contributed by atoms with Crippen LogP contribution in [-0.2, 0) is 14.4 Å². The summed E-state index contributed by atoms with van der Waals surface area (Å²) in [6, 6.07) is -1.12. The summed E-state index contributed by atoms with van der Waals surface area (Å²) in [5.74, 6) is -2.24. The summed E-state index contributed by atoms with van der Waals surface area (Å²) in [6.07, 6.45) is 0. The Labute approximate surface area is 92.2 Å². The Balaban J connectivity index is 4.64. The molecule has 0 bridgehead atoms. The number of nitrogens with zero attached hydrogens (tertiary/aromatic N) is 1. The van der Waals surface area contributed by atoms with Crippen LogP contribution in [0.1, 0.15) is 13.8 Å². The molecule has 0 radical (unpaired) electrons. The second-order valence-electron chi connectivity index (χ2n) is 2.74. The van der Waals surface area contributed by atoms with Crippen LogP contribution in [-0.4, -0.2) is 39.8 Å². The van der Waals surface area contributed by atoms with Crippen LogP contribution < -0.4 is 10.9 Å². The van der Waals surface area contributed by atoms with E-state index in [2.05, 4.69) is 23.5 Å². The highest BCUT2D eigenvalue weighted by Crippen LogP contribution is 1.96. The molecule has 8 heteroatoms. The van der Waals surface area contributed by atoms with E-state index in [4.69, 9.17) is 5.11 Å². The second-order valence-corrected chi connectivity index (χ2v) is 3.11. The third-order valence-electron chi connectivity index (χ3n) is 1.33. The summed E-state index contributed by atoms with van der Waals surface area (Å²) >= 11 is 3.81. The Morgan fingerprint density at radius 3 is 1.87 bits per heavy atom. The molecule has 0 aromatic rings. The molecule has 0 fully saturated rings. The molecule has 15 heavy (non-hydrogen) atoms. The lowest BCUT2D eigenvalue weighted by molar-refractivity contribution is -0.149. The molecular weight excluding hydrogens is 222 g/mol. The molecule has 0 aliphatic rings. The number of nitrogens with one attached hydrogen (secondary N) is 2. The number of hydrogen-bond donors (Lipinski definition) is 4. The fourth-order valence-electron chi connectivity index (χ4n) is 0.793. The molecule has 0 spiro atoms. The Bertz CT molecular complexity index is 255. The van der Waals surface area contributed by atoms with Gasteiger partial charge in [0, 0.05) is 19.6 Å². The number of amides is 2. The first-order valence-electron chi connectivity index (χ1n) is 4.05. The highest BCUT2D eigenvalue weighted by Gasteiger charge is 2.25. The molecule has 0 saturated heterocycles. The Morgan fingerprint density at radius 2 is 1.67 bits per heavy atom. The normalized spacial score (nSPS) is 12.0. The highest BCUT2D eigenvalue weighted by molar-refractivity contribution is 7.80. The van der Waals surface area contributed by atoms with Crippen molar-refractivity contribution in [2.75, 3.05) is 5.75 Å². The number of rotatable bonds is 5. The third kappa shape index (κ3) is 5.23. The molecule has 0 aromatic carbocycles. The highest BCUT2D eigenvalue weighted by atomic mass is 32.1. The molecule has 0 aliphatic carbocycles. The number of aliphatic carboxylic acids is 1. The first kappa shape index (κ1) is 13.7. The van der Waals surface area contributed by atoms with Crippen molar-refractivity contribution >= 4 is 30.4 Å². The third-order valence-corrected chi connectivity index (χ3v) is 1.67. The molecule has 0 unspecified atom stereocenters. The van der Waals surface area contributed by atoms with Gasteiger partial charge in [-0.05, 0) is 0 Å². The molecule has 1 atom stereocenters. The van der Waals surface area contributed by atoms with Crippen molar-refractivity contribution in [3.8, 4) is 0 Å². The summed E-state index contributed by atoms with van der Waals surface area (Å²) in [7, 11) is 0. The van der Waals surface area contributed by atoms with E-state index in [1.807, 2.05) is 0 Å². The summed E-state index contributed by atoms with van der Waals surface area (Å²) in [4.78, 5) is 32.3. The zero-order chi connectivity index (χ0) is 12.0. The molecule has 0 rings (SSSR count). The van der Waals surface area contributed by atoms with E-state index in [0.29, 0.717) is 0 Å². The molecule has 0 saturated carbocycles. The minimum absolute atomic E-state index is 0.0596. The quantitative estimate of drug-likeness (QED) is 0.353. The van der Waals surface area contributed by atoms with Crippen LogP contribution in [0.3, 0.4) is 0 Å². The van der Waals surface area contributed by atoms with Crippen LogP contribution in [0.4, 0.5) is 0 Å². The van der Waals surface area contributed by atoms with Crippen LogP contribution in [0.15, 0.2) is 0 Å². The second kappa shape index (κ2) is 6.25. The average molecular weight is 235 g/mol. The largest absolute Gasteiger partial charge is 0.480 e. The number of carbonyl (C=O) groups is 3. The van der Waals surface area contributed by atoms with Crippen LogP contribution in [0.5, 0.6) is 0 Å². The molecule has 3 N–H and O–H groups in total. The van der Waals surface area contributed by atoms with Gasteiger partial charge in [0.15, 0.2) is 6.04 Å². The van der Waals surface area contributed by atoms with Crippen molar-refractivity contribution in [2.24, 2.45) is 0 Å². The number of hydrogen-bond acceptors (Lipinski definition) is 5. The van der Waals surface area contributed by atoms with Gasteiger partial charge in [-0.25, -0.2) is 0 Å². The monoisotopic (exact) mass is 235 g/mol. The van der Waals surface area contributed by atoms with Gasteiger partial charge in [0.1, 0.15) is 0 Å². The predicted molar refractivity (Wildman–Crippen MR) is 54.7 cm³/mol. The minimum atomic E-state index is -1.20. The Kier molecular flexibility index (Phi) is 5.72. The van der Waals surface area contributed by atoms with Crippen LogP contribution >= 0.6 is 12.6 Å². The maximum Gasteiger partial charge on any atom is 0.325 e.